The summed E-state index contributed by atoms with van der Waals surface area (Å²) in [5.41, 5.74) is 1.09. The van der Waals surface area contributed by atoms with Gasteiger partial charge in [0.2, 0.25) is 0 Å². The van der Waals surface area contributed by atoms with Crippen LogP contribution in [0.5, 0.6) is 0 Å². The van der Waals surface area contributed by atoms with Crippen molar-refractivity contribution in [3.8, 4) is 0 Å². The summed E-state index contributed by atoms with van der Waals surface area (Å²) >= 11 is 5.95. The number of rotatable bonds is 3. The molecule has 3 rings (SSSR count). The lowest BCUT2D eigenvalue weighted by Gasteiger charge is -2.32. The van der Waals surface area contributed by atoms with E-state index < -0.39 is 0 Å². The summed E-state index contributed by atoms with van der Waals surface area (Å²) in [6, 6.07) is 12.2. The SMILES string of the molecule is O=C(c1cccc(Cl)c1)[C@H]1CCCN(C(=O)Nc2ccc(F)cc2)C1. The molecular formula is C19H18ClFN2O2. The smallest absolute Gasteiger partial charge is 0.321 e. The average molecular weight is 361 g/mol. The minimum Gasteiger partial charge on any atom is -0.324 e. The normalized spacial score (nSPS) is 17.2. The van der Waals surface area contributed by atoms with Gasteiger partial charge < -0.3 is 10.2 Å². The summed E-state index contributed by atoms with van der Waals surface area (Å²) < 4.78 is 12.9. The third kappa shape index (κ3) is 4.37. The maximum absolute atomic E-state index is 12.9. The number of piperidine rings is 1. The monoisotopic (exact) mass is 360 g/mol. The van der Waals surface area contributed by atoms with Gasteiger partial charge in [-0.3, -0.25) is 4.79 Å². The highest BCUT2D eigenvalue weighted by molar-refractivity contribution is 6.31. The van der Waals surface area contributed by atoms with Crippen molar-refractivity contribution in [2.45, 2.75) is 12.8 Å². The first-order chi connectivity index (χ1) is 12.0. The van der Waals surface area contributed by atoms with Crippen LogP contribution in [0.15, 0.2) is 48.5 Å². The zero-order chi connectivity index (χ0) is 17.8. The van der Waals surface area contributed by atoms with Crippen molar-refractivity contribution in [1.82, 2.24) is 4.90 Å². The van der Waals surface area contributed by atoms with Crippen LogP contribution >= 0.6 is 11.6 Å². The number of nitrogens with one attached hydrogen (secondary N) is 1. The fraction of sp³-hybridized carbons (Fsp3) is 0.263. The van der Waals surface area contributed by atoms with E-state index in [1.807, 2.05) is 0 Å². The predicted octanol–water partition coefficient (Wildman–Crippen LogP) is 4.61. The maximum atomic E-state index is 12.9. The number of Topliss-reactive ketones (excluding diaryl/α,β-unsaturated/α-hetero) is 1. The van der Waals surface area contributed by atoms with E-state index >= 15 is 0 Å². The van der Waals surface area contributed by atoms with Gasteiger partial charge in [-0.25, -0.2) is 9.18 Å². The standard InChI is InChI=1S/C19H18ClFN2O2/c20-15-5-1-3-13(11-15)18(24)14-4-2-10-23(12-14)19(25)22-17-8-6-16(21)7-9-17/h1,3,5-9,11,14H,2,4,10,12H2,(H,22,25)/t14-/m0/s1. The molecule has 0 aliphatic carbocycles. The number of ketones is 1. The maximum Gasteiger partial charge on any atom is 0.321 e. The molecule has 0 radical (unpaired) electrons. The van der Waals surface area contributed by atoms with Gasteiger partial charge in [0.15, 0.2) is 5.78 Å². The number of amides is 2. The Morgan fingerprint density at radius 3 is 2.64 bits per heavy atom. The first-order valence-electron chi connectivity index (χ1n) is 8.14. The molecule has 0 unspecified atom stereocenters. The zero-order valence-electron chi connectivity index (χ0n) is 13.5. The molecule has 6 heteroatoms. The third-order valence-electron chi connectivity index (χ3n) is 4.28. The number of urea groups is 1. The number of hydrogen-bond donors (Lipinski definition) is 1. The molecule has 0 aromatic heterocycles. The average Bonchev–Trinajstić information content (AvgIpc) is 2.63. The predicted molar refractivity (Wildman–Crippen MR) is 95.5 cm³/mol. The van der Waals surface area contributed by atoms with Gasteiger partial charge in [0.05, 0.1) is 0 Å². The van der Waals surface area contributed by atoms with Crippen molar-refractivity contribution in [1.29, 1.82) is 0 Å². The van der Waals surface area contributed by atoms with Gasteiger partial charge in [-0.1, -0.05) is 23.7 Å². The number of anilines is 1. The molecule has 1 saturated heterocycles. The van der Waals surface area contributed by atoms with Crippen LogP contribution in [0.2, 0.25) is 5.02 Å². The molecule has 1 heterocycles. The molecule has 1 atom stereocenters. The highest BCUT2D eigenvalue weighted by atomic mass is 35.5. The second-order valence-electron chi connectivity index (χ2n) is 6.10. The van der Waals surface area contributed by atoms with Gasteiger partial charge in [-0.05, 0) is 49.2 Å². The molecule has 0 saturated carbocycles. The summed E-state index contributed by atoms with van der Waals surface area (Å²) in [4.78, 5) is 26.7. The highest BCUT2D eigenvalue weighted by Crippen LogP contribution is 2.23. The Morgan fingerprint density at radius 2 is 1.92 bits per heavy atom. The van der Waals surface area contributed by atoms with E-state index in [0.717, 1.165) is 12.8 Å². The van der Waals surface area contributed by atoms with Gasteiger partial charge in [0.25, 0.3) is 0 Å². The van der Waals surface area contributed by atoms with Gasteiger partial charge in [0.1, 0.15) is 5.82 Å². The zero-order valence-corrected chi connectivity index (χ0v) is 14.3. The lowest BCUT2D eigenvalue weighted by atomic mass is 9.90. The highest BCUT2D eigenvalue weighted by Gasteiger charge is 2.29. The Labute approximate surface area is 150 Å². The number of benzene rings is 2. The van der Waals surface area contributed by atoms with E-state index in [9.17, 15) is 14.0 Å². The van der Waals surface area contributed by atoms with Gasteiger partial charge in [-0.15, -0.1) is 0 Å². The Morgan fingerprint density at radius 1 is 1.16 bits per heavy atom. The number of likely N-dealkylation sites (tertiary alicyclic amines) is 1. The fourth-order valence-electron chi connectivity index (χ4n) is 2.99. The van der Waals surface area contributed by atoms with E-state index in [0.29, 0.717) is 29.4 Å². The molecule has 25 heavy (non-hydrogen) atoms. The summed E-state index contributed by atoms with van der Waals surface area (Å²) in [5.74, 6) is -0.601. The van der Waals surface area contributed by atoms with Crippen molar-refractivity contribution in [3.63, 3.8) is 0 Å². The Kier molecular flexibility index (Phi) is 5.34. The molecular weight excluding hydrogens is 343 g/mol. The van der Waals surface area contributed by atoms with Crippen molar-refractivity contribution >= 4 is 29.1 Å². The summed E-state index contributed by atoms with van der Waals surface area (Å²) in [7, 11) is 0. The van der Waals surface area contributed by atoms with Gasteiger partial charge in [0, 0.05) is 35.3 Å². The first kappa shape index (κ1) is 17.4. The third-order valence-corrected chi connectivity index (χ3v) is 4.52. The van der Waals surface area contributed by atoms with Crippen LogP contribution in [-0.4, -0.2) is 29.8 Å². The van der Waals surface area contributed by atoms with Gasteiger partial charge in [-0.2, -0.15) is 0 Å². The second-order valence-corrected chi connectivity index (χ2v) is 6.53. The minimum atomic E-state index is -0.358. The van der Waals surface area contributed by atoms with Gasteiger partial charge >= 0.3 is 6.03 Å². The van der Waals surface area contributed by atoms with Crippen LogP contribution in [0.1, 0.15) is 23.2 Å². The molecule has 0 bridgehead atoms. The van der Waals surface area contributed by atoms with E-state index in [1.54, 1.807) is 29.2 Å². The number of nitrogens with zero attached hydrogens (tertiary/aromatic N) is 1. The molecule has 1 fully saturated rings. The molecule has 1 aliphatic rings. The quantitative estimate of drug-likeness (QED) is 0.813. The Bertz CT molecular complexity index is 779. The van der Waals surface area contributed by atoms with Crippen LogP contribution in [0.25, 0.3) is 0 Å². The molecule has 130 valence electrons. The fourth-order valence-corrected chi connectivity index (χ4v) is 3.18. The van der Waals surface area contributed by atoms with Crippen molar-refractivity contribution in [3.05, 3.63) is 64.9 Å². The molecule has 1 aliphatic heterocycles. The lowest BCUT2D eigenvalue weighted by molar-refractivity contribution is 0.0851. The van der Waals surface area contributed by atoms with E-state index in [4.69, 9.17) is 11.6 Å². The molecule has 2 aromatic rings. The van der Waals surface area contributed by atoms with Crippen molar-refractivity contribution in [2.75, 3.05) is 18.4 Å². The van der Waals surface area contributed by atoms with Crippen LogP contribution in [0.4, 0.5) is 14.9 Å². The van der Waals surface area contributed by atoms with E-state index in [1.165, 1.54) is 24.3 Å². The summed E-state index contributed by atoms with van der Waals surface area (Å²) in [6.45, 7) is 0.949. The van der Waals surface area contributed by atoms with E-state index in [-0.39, 0.29) is 23.5 Å². The second kappa shape index (κ2) is 7.66. The number of carbonyl (C=O) groups is 2. The number of hydrogen-bond acceptors (Lipinski definition) is 2. The van der Waals surface area contributed by atoms with Crippen LogP contribution in [0, 0.1) is 11.7 Å². The summed E-state index contributed by atoms with van der Waals surface area (Å²) in [5, 5.41) is 3.26. The minimum absolute atomic E-state index is 0.00165. The number of halogens is 2. The van der Waals surface area contributed by atoms with Crippen LogP contribution in [0.3, 0.4) is 0 Å². The van der Waals surface area contributed by atoms with Crippen molar-refractivity contribution < 1.29 is 14.0 Å². The van der Waals surface area contributed by atoms with Crippen LogP contribution in [-0.2, 0) is 0 Å². The topological polar surface area (TPSA) is 49.4 Å². The largest absolute Gasteiger partial charge is 0.324 e. The first-order valence-corrected chi connectivity index (χ1v) is 8.52. The van der Waals surface area contributed by atoms with Crippen molar-refractivity contribution in [2.24, 2.45) is 5.92 Å². The summed E-state index contributed by atoms with van der Waals surface area (Å²) in [6.07, 6.45) is 1.50. The Balaban J connectivity index is 1.65. The number of carbonyl (C=O) groups excluding carboxylic acids is 2. The molecule has 2 amide bonds. The van der Waals surface area contributed by atoms with E-state index in [2.05, 4.69) is 5.32 Å². The molecule has 4 nitrogen and oxygen atoms in total. The molecule has 0 spiro atoms. The molecule has 2 aromatic carbocycles. The Hall–Kier alpha value is -2.40. The molecule has 1 N–H and O–H groups in total. The van der Waals surface area contributed by atoms with Crippen LogP contribution < -0.4 is 5.32 Å². The lowest BCUT2D eigenvalue weighted by Crippen LogP contribution is -2.44.